The topological polar surface area (TPSA) is 146 Å². The van der Waals surface area contributed by atoms with Gasteiger partial charge in [0.1, 0.15) is 18.1 Å². The van der Waals surface area contributed by atoms with Gasteiger partial charge in [-0.05, 0) is 50.8 Å². The second kappa shape index (κ2) is 16.2. The van der Waals surface area contributed by atoms with E-state index >= 15 is 0 Å². The first-order chi connectivity index (χ1) is 22.8. The molecule has 0 spiro atoms. The lowest BCUT2D eigenvalue weighted by atomic mass is 10.0. The normalized spacial score (nSPS) is 20.1. The quantitative estimate of drug-likeness (QED) is 0.355. The largest absolute Gasteiger partial charge is 0.353 e. The lowest BCUT2D eigenvalue weighted by molar-refractivity contribution is -0.142. The highest BCUT2D eigenvalue weighted by Crippen LogP contribution is 2.19. The predicted molar refractivity (Wildman–Crippen MR) is 182 cm³/mol. The molecule has 2 heterocycles. The molecule has 1 aliphatic heterocycles. The highest BCUT2D eigenvalue weighted by atomic mass is 16.2. The van der Waals surface area contributed by atoms with E-state index in [0.29, 0.717) is 12.1 Å². The van der Waals surface area contributed by atoms with Crippen molar-refractivity contribution in [2.45, 2.75) is 72.0 Å². The van der Waals surface area contributed by atoms with Gasteiger partial charge in [0.05, 0.1) is 24.3 Å². The van der Waals surface area contributed by atoms with E-state index in [1.807, 2.05) is 88.4 Å². The van der Waals surface area contributed by atoms with Crippen LogP contribution >= 0.6 is 0 Å². The van der Waals surface area contributed by atoms with Gasteiger partial charge in [0.25, 0.3) is 0 Å². The molecule has 3 atom stereocenters. The minimum atomic E-state index is -0.930. The molecule has 1 fully saturated rings. The highest BCUT2D eigenvalue weighted by Gasteiger charge is 2.33. The first kappa shape index (κ1) is 35.8. The summed E-state index contributed by atoms with van der Waals surface area (Å²) in [5.41, 5.74) is 3.96. The molecule has 48 heavy (non-hydrogen) atoms. The predicted octanol–water partition coefficient (Wildman–Crippen LogP) is 2.10. The number of amides is 5. The van der Waals surface area contributed by atoms with Crippen LogP contribution in [0.2, 0.25) is 0 Å². The summed E-state index contributed by atoms with van der Waals surface area (Å²) in [6.07, 6.45) is 0.559. The number of hydrogen-bond acceptors (Lipinski definition) is 6. The summed E-state index contributed by atoms with van der Waals surface area (Å²) >= 11 is 0. The summed E-state index contributed by atoms with van der Waals surface area (Å²) in [6, 6.07) is 16.2. The van der Waals surface area contributed by atoms with Crippen molar-refractivity contribution in [3.63, 3.8) is 0 Å². The van der Waals surface area contributed by atoms with Crippen LogP contribution in [0, 0.1) is 19.8 Å². The third-order valence-corrected chi connectivity index (χ3v) is 8.70. The smallest absolute Gasteiger partial charge is 0.245 e. The number of rotatable bonds is 7. The van der Waals surface area contributed by atoms with Gasteiger partial charge in [-0.15, -0.1) is 0 Å². The number of hydrogen-bond donors (Lipinski definition) is 3. The number of para-hydroxylation sites is 1. The Hall–Kier alpha value is -5.00. The molecule has 0 unspecified atom stereocenters. The number of aryl methyl sites for hydroxylation is 1. The van der Waals surface area contributed by atoms with Crippen LogP contribution < -0.4 is 16.0 Å². The molecular formula is C36H47N7O5. The Bertz CT molecular complexity index is 1610. The van der Waals surface area contributed by atoms with Crippen molar-refractivity contribution in [3.8, 4) is 5.69 Å². The molecule has 0 saturated carbocycles. The lowest BCUT2D eigenvalue weighted by Gasteiger charge is -2.30. The summed E-state index contributed by atoms with van der Waals surface area (Å²) in [4.78, 5) is 70.5. The summed E-state index contributed by atoms with van der Waals surface area (Å²) in [5, 5.41) is 13.1. The SMILES string of the molecule is Cc1nn(-c2ccccc2)c(C)c1CC(=O)N1CCNC(=O)[C@H](Cc2ccccc2)NC(=O)[C@H](C)N(C)C(=O)[C@H](CC(C)C)NC(=O)C1. The van der Waals surface area contributed by atoms with Crippen LogP contribution in [-0.4, -0.2) is 93.9 Å². The fourth-order valence-electron chi connectivity index (χ4n) is 5.81. The Labute approximate surface area is 282 Å². The van der Waals surface area contributed by atoms with E-state index in [0.717, 1.165) is 22.5 Å². The molecule has 3 aromatic rings. The molecule has 0 bridgehead atoms. The van der Waals surface area contributed by atoms with Crippen molar-refractivity contribution in [1.29, 1.82) is 0 Å². The van der Waals surface area contributed by atoms with Gasteiger partial charge in [0, 0.05) is 37.8 Å². The lowest BCUT2D eigenvalue weighted by Crippen LogP contribution is -2.57. The average Bonchev–Trinajstić information content (AvgIpc) is 3.34. The molecule has 4 rings (SSSR count). The average molecular weight is 658 g/mol. The fraction of sp³-hybridized carbons (Fsp3) is 0.444. The van der Waals surface area contributed by atoms with E-state index in [1.54, 1.807) is 11.6 Å². The molecule has 0 radical (unpaired) electrons. The maximum Gasteiger partial charge on any atom is 0.245 e. The van der Waals surface area contributed by atoms with Crippen LogP contribution in [0.5, 0.6) is 0 Å². The zero-order chi connectivity index (χ0) is 35.0. The standard InChI is InChI=1S/C36H47N7O5/c1-23(2)19-31-36(48)41(6)26(5)34(46)39-30(20-27-13-9-7-10-14-27)35(47)37-17-18-42(22-32(44)38-31)33(45)21-29-24(3)40-43(25(29)4)28-15-11-8-12-16-28/h7-16,23,26,30-31H,17-22H2,1-6H3,(H,37,47)(H,38,44)(H,39,46)/t26-,30-,31-/m0/s1. The molecule has 0 aliphatic carbocycles. The van der Waals surface area contributed by atoms with Crippen LogP contribution in [0.25, 0.3) is 5.69 Å². The fourth-order valence-corrected chi connectivity index (χ4v) is 5.81. The second-order valence-electron chi connectivity index (χ2n) is 12.8. The van der Waals surface area contributed by atoms with Gasteiger partial charge in [-0.2, -0.15) is 5.10 Å². The van der Waals surface area contributed by atoms with E-state index < -0.39 is 41.8 Å². The van der Waals surface area contributed by atoms with Crippen LogP contribution in [-0.2, 0) is 36.8 Å². The van der Waals surface area contributed by atoms with Crippen LogP contribution in [0.4, 0.5) is 0 Å². The zero-order valence-electron chi connectivity index (χ0n) is 28.7. The Morgan fingerprint density at radius 3 is 2.21 bits per heavy atom. The molecule has 12 heteroatoms. The molecule has 3 N–H and O–H groups in total. The number of nitrogens with zero attached hydrogens (tertiary/aromatic N) is 4. The zero-order valence-corrected chi connectivity index (χ0v) is 28.7. The summed E-state index contributed by atoms with van der Waals surface area (Å²) < 4.78 is 1.79. The first-order valence-corrected chi connectivity index (χ1v) is 16.4. The summed E-state index contributed by atoms with van der Waals surface area (Å²) in [5.74, 6) is -2.14. The molecule has 1 aliphatic rings. The number of benzene rings is 2. The highest BCUT2D eigenvalue weighted by molar-refractivity contribution is 5.95. The maximum atomic E-state index is 13.9. The maximum absolute atomic E-state index is 13.9. The van der Waals surface area contributed by atoms with E-state index in [1.165, 1.54) is 16.8 Å². The van der Waals surface area contributed by atoms with E-state index in [-0.39, 0.29) is 44.3 Å². The van der Waals surface area contributed by atoms with Crippen LogP contribution in [0.15, 0.2) is 60.7 Å². The van der Waals surface area contributed by atoms with E-state index in [2.05, 4.69) is 21.0 Å². The number of likely N-dealkylation sites (N-methyl/N-ethyl adjacent to an activating group) is 1. The summed E-state index contributed by atoms with van der Waals surface area (Å²) in [7, 11) is 1.51. The Morgan fingerprint density at radius 2 is 1.56 bits per heavy atom. The van der Waals surface area contributed by atoms with Gasteiger partial charge < -0.3 is 25.8 Å². The third kappa shape index (κ3) is 9.08. The molecule has 1 aromatic heterocycles. The Morgan fingerprint density at radius 1 is 0.917 bits per heavy atom. The van der Waals surface area contributed by atoms with Gasteiger partial charge in [0.2, 0.25) is 29.5 Å². The van der Waals surface area contributed by atoms with Crippen molar-refractivity contribution in [3.05, 3.63) is 83.2 Å². The number of nitrogens with one attached hydrogen (secondary N) is 3. The minimum absolute atomic E-state index is 0.00692. The van der Waals surface area contributed by atoms with Crippen molar-refractivity contribution < 1.29 is 24.0 Å². The van der Waals surface area contributed by atoms with E-state index in [9.17, 15) is 24.0 Å². The molecule has 1 saturated heterocycles. The van der Waals surface area contributed by atoms with Gasteiger partial charge in [0.15, 0.2) is 0 Å². The van der Waals surface area contributed by atoms with Gasteiger partial charge >= 0.3 is 0 Å². The molecule has 256 valence electrons. The second-order valence-corrected chi connectivity index (χ2v) is 12.8. The molecule has 5 amide bonds. The Kier molecular flexibility index (Phi) is 12.1. The van der Waals surface area contributed by atoms with Crippen LogP contribution in [0.1, 0.15) is 49.7 Å². The van der Waals surface area contributed by atoms with Gasteiger partial charge in [-0.3, -0.25) is 24.0 Å². The van der Waals surface area contributed by atoms with E-state index in [4.69, 9.17) is 0 Å². The monoisotopic (exact) mass is 657 g/mol. The summed E-state index contributed by atoms with van der Waals surface area (Å²) in [6.45, 7) is 8.97. The minimum Gasteiger partial charge on any atom is -0.353 e. The van der Waals surface area contributed by atoms with Crippen molar-refractivity contribution in [2.75, 3.05) is 26.7 Å². The van der Waals surface area contributed by atoms with Gasteiger partial charge in [-0.1, -0.05) is 62.4 Å². The Balaban J connectivity index is 1.62. The van der Waals surface area contributed by atoms with Crippen molar-refractivity contribution in [1.82, 2.24) is 35.5 Å². The van der Waals surface area contributed by atoms with Crippen molar-refractivity contribution >= 4 is 29.5 Å². The van der Waals surface area contributed by atoms with Crippen LogP contribution in [0.3, 0.4) is 0 Å². The first-order valence-electron chi connectivity index (χ1n) is 16.4. The number of carbonyl (C=O) groups excluding carboxylic acids is 5. The molecular weight excluding hydrogens is 610 g/mol. The number of carbonyl (C=O) groups is 5. The third-order valence-electron chi connectivity index (χ3n) is 8.70. The molecule has 2 aromatic carbocycles. The van der Waals surface area contributed by atoms with Gasteiger partial charge in [-0.25, -0.2) is 4.68 Å². The number of aromatic nitrogens is 2. The molecule has 12 nitrogen and oxygen atoms in total. The van der Waals surface area contributed by atoms with Crippen molar-refractivity contribution in [2.24, 2.45) is 5.92 Å².